The zero-order valence-electron chi connectivity index (χ0n) is 17.1. The second-order valence-electron chi connectivity index (χ2n) is 8.06. The van der Waals surface area contributed by atoms with Gasteiger partial charge in [-0.1, -0.05) is 31.5 Å². The van der Waals surface area contributed by atoms with E-state index >= 15 is 0 Å². The van der Waals surface area contributed by atoms with E-state index in [9.17, 15) is 19.7 Å². The number of piperidine rings is 1. The van der Waals surface area contributed by atoms with E-state index in [0.29, 0.717) is 36.2 Å². The van der Waals surface area contributed by atoms with Gasteiger partial charge in [0.1, 0.15) is 5.56 Å². The maximum atomic E-state index is 13.0. The summed E-state index contributed by atoms with van der Waals surface area (Å²) in [6.07, 6.45) is 1.10. The molecule has 1 fully saturated rings. The van der Waals surface area contributed by atoms with Crippen molar-refractivity contribution in [3.63, 3.8) is 0 Å². The fourth-order valence-corrected chi connectivity index (χ4v) is 4.10. The molecule has 2 atom stereocenters. The van der Waals surface area contributed by atoms with Crippen molar-refractivity contribution >= 4 is 34.8 Å². The van der Waals surface area contributed by atoms with Gasteiger partial charge >= 0.3 is 0 Å². The minimum atomic E-state index is -0.647. The van der Waals surface area contributed by atoms with Gasteiger partial charge in [0.15, 0.2) is 0 Å². The Morgan fingerprint density at radius 1 is 1.13 bits per heavy atom. The van der Waals surface area contributed by atoms with Crippen LogP contribution in [0.2, 0.25) is 5.02 Å². The van der Waals surface area contributed by atoms with Gasteiger partial charge in [-0.2, -0.15) is 0 Å². The van der Waals surface area contributed by atoms with Crippen LogP contribution in [0.4, 0.5) is 11.4 Å². The van der Waals surface area contributed by atoms with Crippen LogP contribution >= 0.6 is 11.6 Å². The SMILES string of the molecule is Cc1ccc(C(=O)N2CC(C)CC(C)C2)cc1NC(=O)c1ccc(Cl)cc1[N+](=O)[O-]. The molecule has 2 unspecified atom stereocenters. The second kappa shape index (κ2) is 8.83. The van der Waals surface area contributed by atoms with E-state index in [-0.39, 0.29) is 22.2 Å². The standard InChI is InChI=1S/C22H24ClN3O4/c1-13-8-14(2)12-25(11-13)22(28)16-5-4-15(3)19(9-16)24-21(27)18-7-6-17(23)10-20(18)26(29)30/h4-7,9-10,13-14H,8,11-12H2,1-3H3,(H,24,27). The maximum absolute atomic E-state index is 13.0. The van der Waals surface area contributed by atoms with Crippen LogP contribution in [0.1, 0.15) is 46.5 Å². The number of nitrogens with zero attached hydrogens (tertiary/aromatic N) is 2. The molecule has 7 nitrogen and oxygen atoms in total. The number of rotatable bonds is 4. The average Bonchev–Trinajstić information content (AvgIpc) is 2.68. The molecule has 0 aromatic heterocycles. The van der Waals surface area contributed by atoms with Gasteiger partial charge in [-0.3, -0.25) is 19.7 Å². The van der Waals surface area contributed by atoms with Gasteiger partial charge in [-0.15, -0.1) is 0 Å². The Morgan fingerprint density at radius 3 is 2.43 bits per heavy atom. The molecular formula is C22H24ClN3O4. The lowest BCUT2D eigenvalue weighted by atomic mass is 9.91. The van der Waals surface area contributed by atoms with Crippen LogP contribution in [0, 0.1) is 28.9 Å². The largest absolute Gasteiger partial charge is 0.338 e. The van der Waals surface area contributed by atoms with Crippen LogP contribution < -0.4 is 5.32 Å². The third-order valence-corrected chi connectivity index (χ3v) is 5.52. The molecule has 2 aromatic rings. The highest BCUT2D eigenvalue weighted by molar-refractivity contribution is 6.31. The number of nitrogens with one attached hydrogen (secondary N) is 1. The van der Waals surface area contributed by atoms with Crippen LogP contribution in [-0.4, -0.2) is 34.7 Å². The molecule has 158 valence electrons. The van der Waals surface area contributed by atoms with Gasteiger partial charge < -0.3 is 10.2 Å². The molecule has 0 radical (unpaired) electrons. The van der Waals surface area contributed by atoms with Crippen LogP contribution in [0.3, 0.4) is 0 Å². The summed E-state index contributed by atoms with van der Waals surface area (Å²) in [5.41, 5.74) is 1.19. The Bertz CT molecular complexity index is 998. The number of hydrogen-bond donors (Lipinski definition) is 1. The molecule has 0 saturated carbocycles. The fraction of sp³-hybridized carbons (Fsp3) is 0.364. The number of nitro groups is 1. The Labute approximate surface area is 180 Å². The molecule has 3 rings (SSSR count). The number of aryl methyl sites for hydroxylation is 1. The number of halogens is 1. The van der Waals surface area contributed by atoms with Crippen molar-refractivity contribution in [2.24, 2.45) is 11.8 Å². The minimum absolute atomic E-state index is 0.0821. The first-order valence-corrected chi connectivity index (χ1v) is 10.2. The molecule has 8 heteroatoms. The van der Waals surface area contributed by atoms with Crippen molar-refractivity contribution in [1.29, 1.82) is 0 Å². The summed E-state index contributed by atoms with van der Waals surface area (Å²) in [7, 11) is 0. The van der Waals surface area contributed by atoms with E-state index in [2.05, 4.69) is 19.2 Å². The van der Waals surface area contributed by atoms with Crippen molar-refractivity contribution in [3.05, 3.63) is 68.2 Å². The molecule has 1 aliphatic rings. The summed E-state index contributed by atoms with van der Waals surface area (Å²) >= 11 is 5.82. The highest BCUT2D eigenvalue weighted by Gasteiger charge is 2.27. The van der Waals surface area contributed by atoms with Gasteiger partial charge in [0.25, 0.3) is 17.5 Å². The molecule has 1 aliphatic heterocycles. The molecule has 0 spiro atoms. The molecule has 1 heterocycles. The van der Waals surface area contributed by atoms with Crippen molar-refractivity contribution < 1.29 is 14.5 Å². The minimum Gasteiger partial charge on any atom is -0.338 e. The van der Waals surface area contributed by atoms with Crippen molar-refractivity contribution in [3.8, 4) is 0 Å². The zero-order chi connectivity index (χ0) is 22.0. The first-order valence-electron chi connectivity index (χ1n) is 9.81. The highest BCUT2D eigenvalue weighted by atomic mass is 35.5. The van der Waals surface area contributed by atoms with Crippen LogP contribution in [0.15, 0.2) is 36.4 Å². The normalized spacial score (nSPS) is 18.7. The third kappa shape index (κ3) is 4.79. The number of likely N-dealkylation sites (tertiary alicyclic amines) is 1. The number of benzene rings is 2. The van der Waals surface area contributed by atoms with Gasteiger partial charge in [0.05, 0.1) is 4.92 Å². The highest BCUT2D eigenvalue weighted by Crippen LogP contribution is 2.27. The summed E-state index contributed by atoms with van der Waals surface area (Å²) in [5.74, 6) is 0.160. The summed E-state index contributed by atoms with van der Waals surface area (Å²) in [4.78, 5) is 38.2. The van der Waals surface area contributed by atoms with Gasteiger partial charge in [0, 0.05) is 35.4 Å². The molecule has 2 amide bonds. The molecular weight excluding hydrogens is 406 g/mol. The quantitative estimate of drug-likeness (QED) is 0.551. The van der Waals surface area contributed by atoms with E-state index < -0.39 is 10.8 Å². The number of carbonyl (C=O) groups excluding carboxylic acids is 2. The smallest absolute Gasteiger partial charge is 0.283 e. The average molecular weight is 430 g/mol. The van der Waals surface area contributed by atoms with Crippen molar-refractivity contribution in [2.75, 3.05) is 18.4 Å². The molecule has 1 N–H and O–H groups in total. The fourth-order valence-electron chi connectivity index (χ4n) is 3.94. The zero-order valence-corrected chi connectivity index (χ0v) is 17.9. The monoisotopic (exact) mass is 429 g/mol. The molecule has 30 heavy (non-hydrogen) atoms. The van der Waals surface area contributed by atoms with Gasteiger partial charge in [0.2, 0.25) is 0 Å². The predicted octanol–water partition coefficient (Wildman–Crippen LogP) is 4.93. The Hall–Kier alpha value is -2.93. The van der Waals surface area contributed by atoms with E-state index in [4.69, 9.17) is 11.6 Å². The Morgan fingerprint density at radius 2 is 1.80 bits per heavy atom. The summed E-state index contributed by atoms with van der Waals surface area (Å²) in [6, 6.07) is 9.01. The lowest BCUT2D eigenvalue weighted by molar-refractivity contribution is -0.385. The Balaban J connectivity index is 1.85. The molecule has 2 aromatic carbocycles. The predicted molar refractivity (Wildman–Crippen MR) is 116 cm³/mol. The molecule has 0 aliphatic carbocycles. The number of anilines is 1. The number of nitro benzene ring substituents is 1. The molecule has 0 bridgehead atoms. The number of amides is 2. The van der Waals surface area contributed by atoms with E-state index in [1.54, 1.807) is 25.1 Å². The topological polar surface area (TPSA) is 92.6 Å². The van der Waals surface area contributed by atoms with Crippen LogP contribution in [-0.2, 0) is 0 Å². The van der Waals surface area contributed by atoms with Gasteiger partial charge in [-0.05, 0) is 55.0 Å². The summed E-state index contributed by atoms with van der Waals surface area (Å²) < 4.78 is 0. The van der Waals surface area contributed by atoms with Crippen LogP contribution in [0.25, 0.3) is 0 Å². The third-order valence-electron chi connectivity index (χ3n) is 5.29. The Kier molecular flexibility index (Phi) is 6.41. The van der Waals surface area contributed by atoms with Crippen molar-refractivity contribution in [1.82, 2.24) is 4.90 Å². The first kappa shape index (κ1) is 21.8. The lowest BCUT2D eigenvalue weighted by Crippen LogP contribution is -2.42. The molecule has 1 saturated heterocycles. The second-order valence-corrected chi connectivity index (χ2v) is 8.50. The van der Waals surface area contributed by atoms with Crippen molar-refractivity contribution in [2.45, 2.75) is 27.2 Å². The van der Waals surface area contributed by atoms with E-state index in [1.807, 2.05) is 4.90 Å². The van der Waals surface area contributed by atoms with E-state index in [0.717, 1.165) is 18.1 Å². The van der Waals surface area contributed by atoms with E-state index in [1.165, 1.54) is 12.1 Å². The summed E-state index contributed by atoms with van der Waals surface area (Å²) in [6.45, 7) is 7.47. The lowest BCUT2D eigenvalue weighted by Gasteiger charge is -2.35. The number of hydrogen-bond acceptors (Lipinski definition) is 4. The summed E-state index contributed by atoms with van der Waals surface area (Å²) in [5, 5.41) is 14.2. The van der Waals surface area contributed by atoms with Gasteiger partial charge in [-0.25, -0.2) is 0 Å². The van der Waals surface area contributed by atoms with Crippen LogP contribution in [0.5, 0.6) is 0 Å². The first-order chi connectivity index (χ1) is 14.2. The number of carbonyl (C=O) groups is 2. The maximum Gasteiger partial charge on any atom is 0.283 e.